The number of aliphatic hydroxyl groups excluding tert-OH is 1. The summed E-state index contributed by atoms with van der Waals surface area (Å²) < 4.78 is 0. The number of aryl methyl sites for hydroxylation is 1. The summed E-state index contributed by atoms with van der Waals surface area (Å²) >= 11 is 0. The summed E-state index contributed by atoms with van der Waals surface area (Å²) in [5, 5.41) is 19.8. The third-order valence-corrected chi connectivity index (χ3v) is 4.02. The number of H-pyrrole nitrogens is 1. The zero-order valence-corrected chi connectivity index (χ0v) is 12.6. The van der Waals surface area contributed by atoms with E-state index < -0.39 is 6.10 Å². The van der Waals surface area contributed by atoms with Crippen LogP contribution < -0.4 is 5.32 Å². The summed E-state index contributed by atoms with van der Waals surface area (Å²) in [5.41, 5.74) is 2.14. The molecular formula is C14H22N4O3. The van der Waals surface area contributed by atoms with E-state index in [4.69, 9.17) is 0 Å². The first-order valence-corrected chi connectivity index (χ1v) is 7.22. The molecule has 0 aliphatic carbocycles. The molecule has 1 fully saturated rings. The van der Waals surface area contributed by atoms with Crippen LogP contribution in [0.5, 0.6) is 0 Å². The molecule has 1 saturated heterocycles. The van der Waals surface area contributed by atoms with Crippen molar-refractivity contribution in [3.8, 4) is 0 Å². The highest BCUT2D eigenvalue weighted by Crippen LogP contribution is 2.14. The SMILES string of the molecule is CCc1[nH]nc(C(=O)N[C@@H]2CCN(C(C)=O)C[C@H]2O)c1C. The van der Waals surface area contributed by atoms with Crippen LogP contribution in [0.2, 0.25) is 0 Å². The molecule has 7 nitrogen and oxygen atoms in total. The Balaban J connectivity index is 2.00. The molecule has 7 heteroatoms. The molecule has 2 amide bonds. The van der Waals surface area contributed by atoms with Crippen LogP contribution in [0.3, 0.4) is 0 Å². The van der Waals surface area contributed by atoms with Crippen molar-refractivity contribution in [3.63, 3.8) is 0 Å². The second kappa shape index (κ2) is 6.26. The van der Waals surface area contributed by atoms with Crippen molar-refractivity contribution < 1.29 is 14.7 Å². The molecule has 1 aliphatic rings. The van der Waals surface area contributed by atoms with Crippen LogP contribution in [0.4, 0.5) is 0 Å². The highest BCUT2D eigenvalue weighted by Gasteiger charge is 2.31. The van der Waals surface area contributed by atoms with Gasteiger partial charge in [-0.1, -0.05) is 6.92 Å². The van der Waals surface area contributed by atoms with Gasteiger partial charge in [0, 0.05) is 31.3 Å². The maximum atomic E-state index is 12.2. The number of aromatic nitrogens is 2. The Bertz CT molecular complexity index is 540. The van der Waals surface area contributed by atoms with Gasteiger partial charge in [0.05, 0.1) is 12.1 Å². The maximum absolute atomic E-state index is 12.2. The number of carbonyl (C=O) groups is 2. The molecule has 0 radical (unpaired) electrons. The van der Waals surface area contributed by atoms with Crippen molar-refractivity contribution >= 4 is 11.8 Å². The Hall–Kier alpha value is -1.89. The molecule has 0 aromatic carbocycles. The van der Waals surface area contributed by atoms with Gasteiger partial charge in [0.15, 0.2) is 5.69 Å². The molecule has 0 spiro atoms. The Morgan fingerprint density at radius 2 is 2.24 bits per heavy atom. The molecule has 0 bridgehead atoms. The predicted octanol–water partition coefficient (Wildman–Crippen LogP) is -0.00798. The molecule has 1 aliphatic heterocycles. The smallest absolute Gasteiger partial charge is 0.272 e. The van der Waals surface area contributed by atoms with Crippen molar-refractivity contribution in [2.24, 2.45) is 0 Å². The maximum Gasteiger partial charge on any atom is 0.272 e. The number of nitrogens with one attached hydrogen (secondary N) is 2. The molecule has 21 heavy (non-hydrogen) atoms. The fraction of sp³-hybridized carbons (Fsp3) is 0.643. The quantitative estimate of drug-likeness (QED) is 0.730. The lowest BCUT2D eigenvalue weighted by molar-refractivity contribution is -0.132. The molecule has 2 heterocycles. The van der Waals surface area contributed by atoms with Gasteiger partial charge in [-0.3, -0.25) is 14.7 Å². The van der Waals surface area contributed by atoms with Crippen LogP contribution in [0, 0.1) is 6.92 Å². The Morgan fingerprint density at radius 3 is 2.76 bits per heavy atom. The van der Waals surface area contributed by atoms with E-state index in [2.05, 4.69) is 15.5 Å². The Labute approximate surface area is 123 Å². The third-order valence-electron chi connectivity index (χ3n) is 4.02. The fourth-order valence-electron chi connectivity index (χ4n) is 2.62. The van der Waals surface area contributed by atoms with Gasteiger partial charge >= 0.3 is 0 Å². The molecule has 1 aromatic heterocycles. The number of hydrogen-bond donors (Lipinski definition) is 3. The monoisotopic (exact) mass is 294 g/mol. The molecule has 2 rings (SSSR count). The lowest BCUT2D eigenvalue weighted by Gasteiger charge is -2.35. The standard InChI is InChI=1S/C14H22N4O3/c1-4-10-8(2)13(17-16-10)14(21)15-11-5-6-18(9(3)19)7-12(11)20/h11-12,20H,4-7H2,1-3H3,(H,15,21)(H,16,17)/t11-,12-/m1/s1. The minimum Gasteiger partial charge on any atom is -0.389 e. The molecule has 116 valence electrons. The summed E-state index contributed by atoms with van der Waals surface area (Å²) in [5.74, 6) is -0.349. The number of likely N-dealkylation sites (tertiary alicyclic amines) is 1. The number of amides is 2. The fourth-order valence-corrected chi connectivity index (χ4v) is 2.62. The van der Waals surface area contributed by atoms with Gasteiger partial charge in [-0.05, 0) is 19.8 Å². The number of aromatic amines is 1. The number of piperidine rings is 1. The lowest BCUT2D eigenvalue weighted by Crippen LogP contribution is -2.55. The van der Waals surface area contributed by atoms with E-state index in [-0.39, 0.29) is 24.4 Å². The van der Waals surface area contributed by atoms with E-state index in [0.29, 0.717) is 18.7 Å². The first-order valence-electron chi connectivity index (χ1n) is 7.22. The average molecular weight is 294 g/mol. The van der Waals surface area contributed by atoms with Crippen LogP contribution >= 0.6 is 0 Å². The van der Waals surface area contributed by atoms with E-state index >= 15 is 0 Å². The second-order valence-corrected chi connectivity index (χ2v) is 5.43. The van der Waals surface area contributed by atoms with Gasteiger partial charge in [0.25, 0.3) is 5.91 Å². The van der Waals surface area contributed by atoms with Crippen LogP contribution in [0.15, 0.2) is 0 Å². The van der Waals surface area contributed by atoms with Crippen molar-refractivity contribution in [2.75, 3.05) is 13.1 Å². The minimum absolute atomic E-state index is 0.0606. The van der Waals surface area contributed by atoms with Crippen molar-refractivity contribution in [2.45, 2.75) is 45.8 Å². The van der Waals surface area contributed by atoms with Crippen molar-refractivity contribution in [3.05, 3.63) is 17.0 Å². The molecule has 0 saturated carbocycles. The van der Waals surface area contributed by atoms with Gasteiger partial charge in [0.2, 0.25) is 5.91 Å². The lowest BCUT2D eigenvalue weighted by atomic mass is 10.0. The zero-order valence-electron chi connectivity index (χ0n) is 12.6. The summed E-state index contributed by atoms with van der Waals surface area (Å²) in [6.07, 6.45) is 0.569. The van der Waals surface area contributed by atoms with E-state index in [9.17, 15) is 14.7 Å². The molecule has 1 aromatic rings. The van der Waals surface area contributed by atoms with E-state index in [1.807, 2.05) is 13.8 Å². The van der Waals surface area contributed by atoms with Gasteiger partial charge in [-0.2, -0.15) is 5.10 Å². The number of carbonyl (C=O) groups excluding carboxylic acids is 2. The van der Waals surface area contributed by atoms with E-state index in [0.717, 1.165) is 17.7 Å². The average Bonchev–Trinajstić information content (AvgIpc) is 2.81. The summed E-state index contributed by atoms with van der Waals surface area (Å²) in [4.78, 5) is 25.1. The Kier molecular flexibility index (Phi) is 4.62. The van der Waals surface area contributed by atoms with Gasteiger partial charge in [0.1, 0.15) is 0 Å². The number of nitrogens with zero attached hydrogens (tertiary/aromatic N) is 2. The van der Waals surface area contributed by atoms with Gasteiger partial charge < -0.3 is 15.3 Å². The number of β-amino-alcohol motifs (C(OH)–C–C–N with tert-alkyl or cyclic N) is 1. The first kappa shape index (κ1) is 15.5. The summed E-state index contributed by atoms with van der Waals surface area (Å²) in [7, 11) is 0. The van der Waals surface area contributed by atoms with Crippen LogP contribution in [0.1, 0.15) is 42.0 Å². The highest BCUT2D eigenvalue weighted by atomic mass is 16.3. The topological polar surface area (TPSA) is 98.3 Å². The van der Waals surface area contributed by atoms with Crippen LogP contribution in [-0.4, -0.2) is 57.3 Å². The normalized spacial score (nSPS) is 22.2. The van der Waals surface area contributed by atoms with Crippen molar-refractivity contribution in [1.82, 2.24) is 20.4 Å². The number of hydrogen-bond acceptors (Lipinski definition) is 4. The summed E-state index contributed by atoms with van der Waals surface area (Å²) in [6.45, 7) is 6.11. The van der Waals surface area contributed by atoms with Crippen molar-refractivity contribution in [1.29, 1.82) is 0 Å². The van der Waals surface area contributed by atoms with Crippen LogP contribution in [0.25, 0.3) is 0 Å². The van der Waals surface area contributed by atoms with E-state index in [1.54, 1.807) is 4.90 Å². The largest absolute Gasteiger partial charge is 0.389 e. The number of rotatable bonds is 3. The van der Waals surface area contributed by atoms with E-state index in [1.165, 1.54) is 6.92 Å². The first-order chi connectivity index (χ1) is 9.93. The minimum atomic E-state index is -0.753. The molecular weight excluding hydrogens is 272 g/mol. The Morgan fingerprint density at radius 1 is 1.52 bits per heavy atom. The van der Waals surface area contributed by atoms with Gasteiger partial charge in [-0.25, -0.2) is 0 Å². The highest BCUT2D eigenvalue weighted by molar-refractivity contribution is 5.94. The predicted molar refractivity (Wildman–Crippen MR) is 76.8 cm³/mol. The van der Waals surface area contributed by atoms with Crippen LogP contribution in [-0.2, 0) is 11.2 Å². The zero-order chi connectivity index (χ0) is 15.6. The van der Waals surface area contributed by atoms with Gasteiger partial charge in [-0.15, -0.1) is 0 Å². The molecule has 2 atom stereocenters. The molecule has 3 N–H and O–H groups in total. The number of aliphatic hydroxyl groups is 1. The molecule has 0 unspecified atom stereocenters. The summed E-state index contributed by atoms with van der Waals surface area (Å²) in [6, 6.07) is -0.353. The third kappa shape index (κ3) is 3.24. The second-order valence-electron chi connectivity index (χ2n) is 5.43.